The van der Waals surface area contributed by atoms with E-state index in [9.17, 15) is 4.79 Å². The van der Waals surface area contributed by atoms with Gasteiger partial charge in [0.15, 0.2) is 0 Å². The molecule has 3 rings (SSSR count). The lowest BCUT2D eigenvalue weighted by Crippen LogP contribution is -2.46. The summed E-state index contributed by atoms with van der Waals surface area (Å²) in [5.74, 6) is 0.165. The molecule has 156 valence electrons. The third kappa shape index (κ3) is 7.21. The van der Waals surface area contributed by atoms with Crippen molar-refractivity contribution in [2.45, 2.75) is 39.5 Å². The first kappa shape index (κ1) is 21.4. The number of hydrogen-bond acceptors (Lipinski definition) is 3. The second-order valence-electron chi connectivity index (χ2n) is 8.21. The summed E-state index contributed by atoms with van der Waals surface area (Å²) < 4.78 is 0. The van der Waals surface area contributed by atoms with Crippen molar-refractivity contribution in [1.29, 1.82) is 0 Å². The Kier molecular flexibility index (Phi) is 8.12. The predicted octanol–water partition coefficient (Wildman–Crippen LogP) is 3.95. The summed E-state index contributed by atoms with van der Waals surface area (Å²) in [4.78, 5) is 17.1. The molecule has 4 nitrogen and oxygen atoms in total. The van der Waals surface area contributed by atoms with Gasteiger partial charge in [-0.3, -0.25) is 9.69 Å². The molecule has 0 bridgehead atoms. The molecule has 2 aromatic carbocycles. The molecule has 1 heterocycles. The number of carbonyl (C=O) groups is 1. The Morgan fingerprint density at radius 1 is 0.931 bits per heavy atom. The van der Waals surface area contributed by atoms with Crippen LogP contribution in [0.3, 0.4) is 0 Å². The van der Waals surface area contributed by atoms with Crippen molar-refractivity contribution >= 4 is 11.6 Å². The zero-order valence-electron chi connectivity index (χ0n) is 18.0. The van der Waals surface area contributed by atoms with E-state index in [0.29, 0.717) is 6.42 Å². The molecule has 1 fully saturated rings. The van der Waals surface area contributed by atoms with Gasteiger partial charge in [-0.1, -0.05) is 42.0 Å². The zero-order valence-corrected chi connectivity index (χ0v) is 18.0. The van der Waals surface area contributed by atoms with Gasteiger partial charge in [-0.15, -0.1) is 0 Å². The second-order valence-corrected chi connectivity index (χ2v) is 8.21. The van der Waals surface area contributed by atoms with E-state index in [2.05, 4.69) is 77.5 Å². The van der Waals surface area contributed by atoms with Gasteiger partial charge in [-0.25, -0.2) is 0 Å². The van der Waals surface area contributed by atoms with Crippen LogP contribution in [0.15, 0.2) is 48.5 Å². The maximum absolute atomic E-state index is 12.0. The minimum atomic E-state index is 0.165. The number of amides is 1. The van der Waals surface area contributed by atoms with Crippen LogP contribution < -0.4 is 10.2 Å². The van der Waals surface area contributed by atoms with Gasteiger partial charge in [0.05, 0.1) is 0 Å². The Bertz CT molecular complexity index is 781. The van der Waals surface area contributed by atoms with E-state index >= 15 is 0 Å². The Labute approximate surface area is 175 Å². The van der Waals surface area contributed by atoms with E-state index in [4.69, 9.17) is 0 Å². The van der Waals surface area contributed by atoms with E-state index < -0.39 is 0 Å². The molecular formula is C25H35N3O. The number of benzene rings is 2. The summed E-state index contributed by atoms with van der Waals surface area (Å²) >= 11 is 0. The van der Waals surface area contributed by atoms with Crippen LogP contribution in [0.2, 0.25) is 0 Å². The Morgan fingerprint density at radius 3 is 2.38 bits per heavy atom. The topological polar surface area (TPSA) is 35.6 Å². The molecule has 0 aromatic heterocycles. The lowest BCUT2D eigenvalue weighted by atomic mass is 10.1. The van der Waals surface area contributed by atoms with Gasteiger partial charge in [0.2, 0.25) is 5.91 Å². The highest BCUT2D eigenvalue weighted by atomic mass is 16.1. The average Bonchev–Trinajstić information content (AvgIpc) is 2.72. The maximum Gasteiger partial charge on any atom is 0.220 e. The normalized spacial score (nSPS) is 14.8. The fraction of sp³-hybridized carbons (Fsp3) is 0.480. The average molecular weight is 394 g/mol. The highest BCUT2D eigenvalue weighted by Gasteiger charge is 2.16. The number of piperazine rings is 1. The van der Waals surface area contributed by atoms with Crippen molar-refractivity contribution in [1.82, 2.24) is 10.2 Å². The quantitative estimate of drug-likeness (QED) is 0.655. The fourth-order valence-electron chi connectivity index (χ4n) is 3.96. The van der Waals surface area contributed by atoms with Crippen LogP contribution in [0.5, 0.6) is 0 Å². The summed E-state index contributed by atoms with van der Waals surface area (Å²) in [6.07, 6.45) is 3.58. The lowest BCUT2D eigenvalue weighted by Gasteiger charge is -2.36. The van der Waals surface area contributed by atoms with E-state index in [-0.39, 0.29) is 5.91 Å². The monoisotopic (exact) mass is 393 g/mol. The first-order valence-corrected chi connectivity index (χ1v) is 11.0. The maximum atomic E-state index is 12.0. The molecule has 1 saturated heterocycles. The van der Waals surface area contributed by atoms with Gasteiger partial charge >= 0.3 is 0 Å². The minimum absolute atomic E-state index is 0.165. The van der Waals surface area contributed by atoms with Crippen molar-refractivity contribution in [3.05, 3.63) is 65.2 Å². The predicted molar refractivity (Wildman–Crippen MR) is 122 cm³/mol. The number of anilines is 1. The number of aryl methyl sites for hydroxylation is 3. The number of rotatable bonds is 9. The summed E-state index contributed by atoms with van der Waals surface area (Å²) in [6, 6.07) is 17.2. The standard InChI is InChI=1S/C25H35N3O/c1-21-7-5-9-23(19-21)11-12-25(29)26-13-3-4-14-27-15-17-28(18-16-27)24-10-6-8-22(2)20-24/h5-10,19-20H,3-4,11-18H2,1-2H3,(H,26,29). The fourth-order valence-corrected chi connectivity index (χ4v) is 3.96. The number of nitrogens with one attached hydrogen (secondary N) is 1. The number of unbranched alkanes of at least 4 members (excludes halogenated alkanes) is 1. The first-order chi connectivity index (χ1) is 14.1. The van der Waals surface area contributed by atoms with Crippen molar-refractivity contribution < 1.29 is 4.79 Å². The SMILES string of the molecule is Cc1cccc(CCC(=O)NCCCCN2CCN(c3cccc(C)c3)CC2)c1. The molecule has 0 aliphatic carbocycles. The number of nitrogens with zero attached hydrogens (tertiary/aromatic N) is 2. The first-order valence-electron chi connectivity index (χ1n) is 11.0. The van der Waals surface area contributed by atoms with Crippen molar-refractivity contribution in [2.75, 3.05) is 44.2 Å². The largest absolute Gasteiger partial charge is 0.369 e. The van der Waals surface area contributed by atoms with Gasteiger partial charge in [-0.2, -0.15) is 0 Å². The number of hydrogen-bond donors (Lipinski definition) is 1. The van der Waals surface area contributed by atoms with Crippen molar-refractivity contribution in [3.63, 3.8) is 0 Å². The lowest BCUT2D eigenvalue weighted by molar-refractivity contribution is -0.121. The molecule has 1 amide bonds. The summed E-state index contributed by atoms with van der Waals surface area (Å²) in [6.45, 7) is 10.6. The summed E-state index contributed by atoms with van der Waals surface area (Å²) in [7, 11) is 0. The van der Waals surface area contributed by atoms with Crippen LogP contribution in [-0.4, -0.2) is 50.1 Å². The Balaban J connectivity index is 1.24. The van der Waals surface area contributed by atoms with Crippen molar-refractivity contribution in [2.24, 2.45) is 0 Å². The summed E-state index contributed by atoms with van der Waals surface area (Å²) in [5.41, 5.74) is 5.16. The van der Waals surface area contributed by atoms with Gasteiger partial charge < -0.3 is 10.2 Å². The molecule has 29 heavy (non-hydrogen) atoms. The molecule has 1 aliphatic heterocycles. The van der Waals surface area contributed by atoms with E-state index in [0.717, 1.165) is 58.5 Å². The Morgan fingerprint density at radius 2 is 1.66 bits per heavy atom. The summed E-state index contributed by atoms with van der Waals surface area (Å²) in [5, 5.41) is 3.07. The van der Waals surface area contributed by atoms with E-state index in [1.807, 2.05) is 0 Å². The van der Waals surface area contributed by atoms with Gasteiger partial charge in [0.1, 0.15) is 0 Å². The molecule has 0 unspecified atom stereocenters. The Hall–Kier alpha value is -2.33. The minimum Gasteiger partial charge on any atom is -0.369 e. The van der Waals surface area contributed by atoms with Crippen LogP contribution in [0, 0.1) is 13.8 Å². The molecule has 0 radical (unpaired) electrons. The highest BCUT2D eigenvalue weighted by Crippen LogP contribution is 2.17. The molecule has 2 aromatic rings. The number of carbonyl (C=O) groups excluding carboxylic acids is 1. The smallest absolute Gasteiger partial charge is 0.220 e. The third-order valence-electron chi connectivity index (χ3n) is 5.69. The van der Waals surface area contributed by atoms with Crippen LogP contribution in [0.25, 0.3) is 0 Å². The van der Waals surface area contributed by atoms with Gasteiger partial charge in [0, 0.05) is 44.8 Å². The third-order valence-corrected chi connectivity index (χ3v) is 5.69. The van der Waals surface area contributed by atoms with E-state index in [1.165, 1.54) is 22.4 Å². The highest BCUT2D eigenvalue weighted by molar-refractivity contribution is 5.76. The zero-order chi connectivity index (χ0) is 20.5. The molecule has 0 saturated carbocycles. The van der Waals surface area contributed by atoms with Gasteiger partial charge in [-0.05, 0) is 62.9 Å². The molecule has 1 aliphatic rings. The molecular weight excluding hydrogens is 358 g/mol. The van der Waals surface area contributed by atoms with Crippen LogP contribution in [-0.2, 0) is 11.2 Å². The van der Waals surface area contributed by atoms with Gasteiger partial charge in [0.25, 0.3) is 0 Å². The van der Waals surface area contributed by atoms with Crippen LogP contribution >= 0.6 is 0 Å². The van der Waals surface area contributed by atoms with Crippen LogP contribution in [0.4, 0.5) is 5.69 Å². The van der Waals surface area contributed by atoms with E-state index in [1.54, 1.807) is 0 Å². The molecule has 1 N–H and O–H groups in total. The molecule has 0 spiro atoms. The van der Waals surface area contributed by atoms with Crippen molar-refractivity contribution in [3.8, 4) is 0 Å². The molecule has 0 atom stereocenters. The second kappa shape index (κ2) is 11.0. The molecule has 4 heteroatoms. The van der Waals surface area contributed by atoms with Crippen LogP contribution in [0.1, 0.15) is 36.0 Å².